The van der Waals surface area contributed by atoms with Crippen molar-refractivity contribution < 1.29 is 9.66 Å². The number of non-ortho nitro benzene ring substituents is 1. The van der Waals surface area contributed by atoms with Gasteiger partial charge in [0.2, 0.25) is 0 Å². The van der Waals surface area contributed by atoms with Gasteiger partial charge in [-0.1, -0.05) is 30.3 Å². The summed E-state index contributed by atoms with van der Waals surface area (Å²) in [5.41, 5.74) is 2.01. The standard InChI is InChI=1S/C20H19N3O3/c24-23(25)17-7-8-18-15(12-17)6-9-20(22-18)21-16-10-11-26-19(13-16)14-4-2-1-3-5-14/h1-9,12,16,19H,10-11,13H2,(H,21,22). The van der Waals surface area contributed by atoms with Crippen LogP contribution >= 0.6 is 0 Å². The highest BCUT2D eigenvalue weighted by molar-refractivity contribution is 5.82. The minimum Gasteiger partial charge on any atom is -0.373 e. The molecule has 0 radical (unpaired) electrons. The zero-order chi connectivity index (χ0) is 17.9. The Morgan fingerprint density at radius 2 is 1.96 bits per heavy atom. The molecule has 4 rings (SSSR count). The maximum Gasteiger partial charge on any atom is 0.270 e. The van der Waals surface area contributed by atoms with Gasteiger partial charge >= 0.3 is 0 Å². The minimum absolute atomic E-state index is 0.0788. The molecule has 2 aromatic carbocycles. The molecule has 1 aliphatic heterocycles. The second-order valence-corrected chi connectivity index (χ2v) is 6.47. The van der Waals surface area contributed by atoms with E-state index in [4.69, 9.17) is 4.74 Å². The number of hydrogen-bond donors (Lipinski definition) is 1. The monoisotopic (exact) mass is 349 g/mol. The largest absolute Gasteiger partial charge is 0.373 e. The third-order valence-corrected chi connectivity index (χ3v) is 4.69. The number of aromatic nitrogens is 1. The third kappa shape index (κ3) is 3.50. The van der Waals surface area contributed by atoms with Crippen LogP contribution in [0, 0.1) is 10.1 Å². The maximum absolute atomic E-state index is 10.9. The van der Waals surface area contributed by atoms with Gasteiger partial charge in [0.15, 0.2) is 0 Å². The van der Waals surface area contributed by atoms with E-state index in [1.807, 2.05) is 30.3 Å². The number of anilines is 1. The SMILES string of the molecule is O=[N+]([O-])c1ccc2nc(NC3CCOC(c4ccccc4)C3)ccc2c1. The molecule has 0 amide bonds. The van der Waals surface area contributed by atoms with E-state index < -0.39 is 4.92 Å². The summed E-state index contributed by atoms with van der Waals surface area (Å²) < 4.78 is 5.91. The van der Waals surface area contributed by atoms with Crippen LogP contribution in [0.2, 0.25) is 0 Å². The van der Waals surface area contributed by atoms with E-state index in [0.717, 1.165) is 29.6 Å². The first-order valence-corrected chi connectivity index (χ1v) is 8.67. The molecule has 1 saturated heterocycles. The van der Waals surface area contributed by atoms with Crippen molar-refractivity contribution in [3.8, 4) is 0 Å². The second-order valence-electron chi connectivity index (χ2n) is 6.47. The molecule has 0 saturated carbocycles. The van der Waals surface area contributed by atoms with E-state index in [1.165, 1.54) is 11.6 Å². The molecule has 2 unspecified atom stereocenters. The zero-order valence-electron chi connectivity index (χ0n) is 14.2. The van der Waals surface area contributed by atoms with Gasteiger partial charge in [0.25, 0.3) is 5.69 Å². The fraction of sp³-hybridized carbons (Fsp3) is 0.250. The van der Waals surface area contributed by atoms with Crippen LogP contribution in [0.3, 0.4) is 0 Å². The third-order valence-electron chi connectivity index (χ3n) is 4.69. The first-order chi connectivity index (χ1) is 12.7. The Balaban J connectivity index is 1.49. The summed E-state index contributed by atoms with van der Waals surface area (Å²) in [5.74, 6) is 0.782. The molecule has 1 aromatic heterocycles. The predicted octanol–water partition coefficient (Wildman–Crippen LogP) is 4.48. The Kier molecular flexibility index (Phi) is 4.50. The molecule has 2 atom stereocenters. The van der Waals surface area contributed by atoms with Gasteiger partial charge in [-0.2, -0.15) is 0 Å². The molecule has 26 heavy (non-hydrogen) atoms. The van der Waals surface area contributed by atoms with Crippen LogP contribution in [-0.4, -0.2) is 22.6 Å². The lowest BCUT2D eigenvalue weighted by Crippen LogP contribution is -2.30. The molecule has 1 aliphatic rings. The number of benzene rings is 2. The Labute approximate surface area is 151 Å². The highest BCUT2D eigenvalue weighted by Gasteiger charge is 2.24. The Morgan fingerprint density at radius 3 is 2.77 bits per heavy atom. The summed E-state index contributed by atoms with van der Waals surface area (Å²) in [6.07, 6.45) is 1.89. The lowest BCUT2D eigenvalue weighted by atomic mass is 9.97. The number of nitro groups is 1. The van der Waals surface area contributed by atoms with Crippen molar-refractivity contribution in [2.75, 3.05) is 11.9 Å². The number of rotatable bonds is 4. The quantitative estimate of drug-likeness (QED) is 0.555. The van der Waals surface area contributed by atoms with Crippen LogP contribution in [-0.2, 0) is 4.74 Å². The topological polar surface area (TPSA) is 77.3 Å². The molecule has 6 heteroatoms. The summed E-state index contributed by atoms with van der Waals surface area (Å²) in [4.78, 5) is 15.1. The molecule has 132 valence electrons. The van der Waals surface area contributed by atoms with Crippen molar-refractivity contribution in [1.29, 1.82) is 0 Å². The number of hydrogen-bond acceptors (Lipinski definition) is 5. The van der Waals surface area contributed by atoms with Crippen LogP contribution in [0.1, 0.15) is 24.5 Å². The average molecular weight is 349 g/mol. The van der Waals surface area contributed by atoms with E-state index in [9.17, 15) is 10.1 Å². The van der Waals surface area contributed by atoms with E-state index in [-0.39, 0.29) is 17.8 Å². The fourth-order valence-corrected chi connectivity index (χ4v) is 3.34. The number of nitrogens with zero attached hydrogens (tertiary/aromatic N) is 2. The molecule has 0 aliphatic carbocycles. The number of pyridine rings is 1. The molecule has 0 bridgehead atoms. The number of fused-ring (bicyclic) bond motifs is 1. The molecule has 1 N–H and O–H groups in total. The Hall–Kier alpha value is -2.99. The van der Waals surface area contributed by atoms with Gasteiger partial charge in [0, 0.05) is 30.2 Å². The van der Waals surface area contributed by atoms with Crippen LogP contribution in [0.25, 0.3) is 10.9 Å². The van der Waals surface area contributed by atoms with Crippen molar-refractivity contribution in [3.63, 3.8) is 0 Å². The molecule has 1 fully saturated rings. The summed E-state index contributed by atoms with van der Waals surface area (Å²) in [7, 11) is 0. The van der Waals surface area contributed by atoms with Crippen LogP contribution in [0.4, 0.5) is 11.5 Å². The molecular formula is C20H19N3O3. The lowest BCUT2D eigenvalue weighted by Gasteiger charge is -2.30. The Morgan fingerprint density at radius 1 is 1.12 bits per heavy atom. The van der Waals surface area contributed by atoms with Crippen LogP contribution in [0.5, 0.6) is 0 Å². The van der Waals surface area contributed by atoms with Gasteiger partial charge < -0.3 is 10.1 Å². The normalized spacial score (nSPS) is 20.0. The summed E-state index contributed by atoms with van der Waals surface area (Å²) >= 11 is 0. The van der Waals surface area contributed by atoms with Gasteiger partial charge in [-0.25, -0.2) is 4.98 Å². The molecule has 6 nitrogen and oxygen atoms in total. The number of ether oxygens (including phenoxy) is 1. The van der Waals surface area contributed by atoms with Gasteiger partial charge in [0.1, 0.15) is 5.82 Å². The van der Waals surface area contributed by atoms with Crippen LogP contribution < -0.4 is 5.32 Å². The fourth-order valence-electron chi connectivity index (χ4n) is 3.34. The van der Waals surface area contributed by atoms with Crippen molar-refractivity contribution in [2.45, 2.75) is 25.0 Å². The average Bonchev–Trinajstić information content (AvgIpc) is 2.68. The lowest BCUT2D eigenvalue weighted by molar-refractivity contribution is -0.384. The van der Waals surface area contributed by atoms with Crippen molar-refractivity contribution in [3.05, 3.63) is 76.3 Å². The first kappa shape index (κ1) is 16.5. The molecule has 3 aromatic rings. The van der Waals surface area contributed by atoms with E-state index >= 15 is 0 Å². The summed E-state index contributed by atoms with van der Waals surface area (Å²) in [5, 5.41) is 15.1. The molecular weight excluding hydrogens is 330 g/mol. The zero-order valence-corrected chi connectivity index (χ0v) is 14.2. The second kappa shape index (κ2) is 7.09. The summed E-state index contributed by atoms with van der Waals surface area (Å²) in [6, 6.07) is 19.0. The van der Waals surface area contributed by atoms with E-state index in [0.29, 0.717) is 6.61 Å². The number of nitro benzene ring substituents is 1. The first-order valence-electron chi connectivity index (χ1n) is 8.67. The maximum atomic E-state index is 10.9. The van der Waals surface area contributed by atoms with E-state index in [2.05, 4.69) is 22.4 Å². The van der Waals surface area contributed by atoms with Gasteiger partial charge in [-0.3, -0.25) is 10.1 Å². The van der Waals surface area contributed by atoms with Crippen molar-refractivity contribution in [2.24, 2.45) is 0 Å². The van der Waals surface area contributed by atoms with Crippen LogP contribution in [0.15, 0.2) is 60.7 Å². The molecule has 0 spiro atoms. The minimum atomic E-state index is -0.392. The van der Waals surface area contributed by atoms with Gasteiger partial charge in [-0.05, 0) is 36.6 Å². The Bertz CT molecular complexity index is 930. The predicted molar refractivity (Wildman–Crippen MR) is 100 cm³/mol. The smallest absolute Gasteiger partial charge is 0.270 e. The van der Waals surface area contributed by atoms with E-state index in [1.54, 1.807) is 12.1 Å². The molecule has 2 heterocycles. The highest BCUT2D eigenvalue weighted by Crippen LogP contribution is 2.30. The summed E-state index contributed by atoms with van der Waals surface area (Å²) in [6.45, 7) is 0.705. The highest BCUT2D eigenvalue weighted by atomic mass is 16.6. The van der Waals surface area contributed by atoms with Crippen molar-refractivity contribution in [1.82, 2.24) is 4.98 Å². The number of nitrogens with one attached hydrogen (secondary N) is 1. The van der Waals surface area contributed by atoms with Gasteiger partial charge in [0.05, 0.1) is 16.5 Å². The van der Waals surface area contributed by atoms with Crippen molar-refractivity contribution >= 4 is 22.4 Å². The van der Waals surface area contributed by atoms with Gasteiger partial charge in [-0.15, -0.1) is 0 Å².